The molecule has 12 heteroatoms. The predicted molar refractivity (Wildman–Crippen MR) is 111 cm³/mol. The van der Waals surface area contributed by atoms with Gasteiger partial charge in [0.15, 0.2) is 0 Å². The molecule has 0 bridgehead atoms. The van der Waals surface area contributed by atoms with Crippen LogP contribution in [-0.4, -0.2) is 69.7 Å². The van der Waals surface area contributed by atoms with Gasteiger partial charge >= 0.3 is 11.9 Å². The number of hydrogen-bond acceptors (Lipinski definition) is 7. The first-order valence-corrected chi connectivity index (χ1v) is 9.76. The molecular formula is C20H28N4O8. The molecule has 1 rings (SSSR count). The summed E-state index contributed by atoms with van der Waals surface area (Å²) in [6, 6.07) is 2.06. The van der Waals surface area contributed by atoms with Crippen LogP contribution in [0.5, 0.6) is 5.75 Å². The number of phenolic OH excluding ortho intramolecular Hbond substituents is 1. The van der Waals surface area contributed by atoms with E-state index in [0.29, 0.717) is 5.56 Å². The first-order valence-electron chi connectivity index (χ1n) is 9.76. The van der Waals surface area contributed by atoms with E-state index in [2.05, 4.69) is 16.0 Å². The minimum absolute atomic E-state index is 0.00271. The molecule has 1 aromatic rings. The lowest BCUT2D eigenvalue weighted by Crippen LogP contribution is -2.54. The summed E-state index contributed by atoms with van der Waals surface area (Å²) < 4.78 is 0. The largest absolute Gasteiger partial charge is 0.508 e. The predicted octanol–water partition coefficient (Wildman–Crippen LogP) is -1.44. The minimum Gasteiger partial charge on any atom is -0.508 e. The number of carboxylic acids is 2. The van der Waals surface area contributed by atoms with Crippen LogP contribution in [0, 0.1) is 5.92 Å². The van der Waals surface area contributed by atoms with Gasteiger partial charge in [0.2, 0.25) is 17.7 Å². The number of carboxylic acid groups (broad SMARTS) is 2. The molecular weight excluding hydrogens is 424 g/mol. The highest BCUT2D eigenvalue weighted by Gasteiger charge is 2.27. The van der Waals surface area contributed by atoms with Gasteiger partial charge in [0.05, 0.1) is 19.0 Å². The van der Waals surface area contributed by atoms with Crippen LogP contribution in [0.2, 0.25) is 0 Å². The second-order valence-corrected chi connectivity index (χ2v) is 7.48. The SMILES string of the molecule is CC(C)C(NC(=O)CNC(=O)C(Cc1ccc(O)cc1)NC(=O)C(N)CC(=O)O)C(=O)O. The van der Waals surface area contributed by atoms with Crippen LogP contribution in [0.4, 0.5) is 0 Å². The quantitative estimate of drug-likeness (QED) is 0.198. The Bertz CT molecular complexity index is 841. The topological polar surface area (TPSA) is 208 Å². The van der Waals surface area contributed by atoms with Gasteiger partial charge in [0.25, 0.3) is 0 Å². The molecule has 0 aromatic heterocycles. The molecule has 0 aliphatic rings. The van der Waals surface area contributed by atoms with E-state index in [1.165, 1.54) is 24.3 Å². The zero-order valence-electron chi connectivity index (χ0n) is 17.7. The van der Waals surface area contributed by atoms with E-state index in [1.807, 2.05) is 0 Å². The number of phenols is 1. The van der Waals surface area contributed by atoms with E-state index in [9.17, 15) is 29.1 Å². The normalized spacial score (nSPS) is 13.5. The van der Waals surface area contributed by atoms with Crippen molar-refractivity contribution in [1.29, 1.82) is 0 Å². The lowest BCUT2D eigenvalue weighted by Gasteiger charge is -2.21. The van der Waals surface area contributed by atoms with E-state index >= 15 is 0 Å². The van der Waals surface area contributed by atoms with Gasteiger partial charge < -0.3 is 37.0 Å². The van der Waals surface area contributed by atoms with Gasteiger partial charge in [-0.3, -0.25) is 19.2 Å². The molecule has 3 unspecified atom stereocenters. The van der Waals surface area contributed by atoms with Gasteiger partial charge in [0.1, 0.15) is 17.8 Å². The summed E-state index contributed by atoms with van der Waals surface area (Å²) in [5.74, 6) is -5.27. The van der Waals surface area contributed by atoms with Crippen molar-refractivity contribution in [2.24, 2.45) is 11.7 Å². The monoisotopic (exact) mass is 452 g/mol. The maximum absolute atomic E-state index is 12.6. The number of nitrogens with one attached hydrogen (secondary N) is 3. The third-order valence-electron chi connectivity index (χ3n) is 4.41. The second kappa shape index (κ2) is 12.2. The Balaban J connectivity index is 2.85. The number of carbonyl (C=O) groups excluding carboxylic acids is 3. The average Bonchev–Trinajstić information content (AvgIpc) is 2.70. The number of aromatic hydroxyl groups is 1. The molecule has 32 heavy (non-hydrogen) atoms. The van der Waals surface area contributed by atoms with E-state index < -0.39 is 60.8 Å². The molecule has 3 atom stereocenters. The fourth-order valence-corrected chi connectivity index (χ4v) is 2.67. The zero-order valence-corrected chi connectivity index (χ0v) is 17.7. The van der Waals surface area contributed by atoms with Crippen LogP contribution < -0.4 is 21.7 Å². The number of amides is 3. The molecule has 0 fully saturated rings. The van der Waals surface area contributed by atoms with Crippen molar-refractivity contribution in [2.45, 2.75) is 44.8 Å². The average molecular weight is 452 g/mol. The van der Waals surface area contributed by atoms with Crippen molar-refractivity contribution < 1.29 is 39.3 Å². The maximum Gasteiger partial charge on any atom is 0.326 e. The highest BCUT2D eigenvalue weighted by Crippen LogP contribution is 2.11. The van der Waals surface area contributed by atoms with E-state index in [-0.39, 0.29) is 18.1 Å². The summed E-state index contributed by atoms with van der Waals surface area (Å²) in [5.41, 5.74) is 6.10. The molecule has 0 heterocycles. The molecule has 0 aliphatic heterocycles. The standard InChI is InChI=1S/C20H28N4O8/c1-10(2)17(20(31)32)24-15(26)9-22-19(30)14(7-11-3-5-12(25)6-4-11)23-18(29)13(21)8-16(27)28/h3-6,10,13-14,17,25H,7-9,21H2,1-2H3,(H,22,30)(H,23,29)(H,24,26)(H,27,28)(H,31,32). The highest BCUT2D eigenvalue weighted by atomic mass is 16.4. The Morgan fingerprint density at radius 2 is 1.56 bits per heavy atom. The first-order chi connectivity index (χ1) is 14.9. The Hall–Kier alpha value is -3.67. The van der Waals surface area contributed by atoms with Crippen molar-refractivity contribution in [1.82, 2.24) is 16.0 Å². The Kier molecular flexibility index (Phi) is 10.1. The molecule has 0 saturated heterocycles. The fourth-order valence-electron chi connectivity index (χ4n) is 2.67. The van der Waals surface area contributed by atoms with Crippen LogP contribution in [-0.2, 0) is 30.4 Å². The Labute approximate surface area is 184 Å². The molecule has 8 N–H and O–H groups in total. The number of aliphatic carboxylic acids is 2. The van der Waals surface area contributed by atoms with Crippen LogP contribution in [0.15, 0.2) is 24.3 Å². The highest BCUT2D eigenvalue weighted by molar-refractivity contribution is 5.93. The second-order valence-electron chi connectivity index (χ2n) is 7.48. The third-order valence-corrected chi connectivity index (χ3v) is 4.41. The van der Waals surface area contributed by atoms with E-state index in [0.717, 1.165) is 0 Å². The minimum atomic E-state index is -1.40. The van der Waals surface area contributed by atoms with Gasteiger partial charge in [-0.1, -0.05) is 26.0 Å². The molecule has 3 amide bonds. The van der Waals surface area contributed by atoms with Crippen LogP contribution >= 0.6 is 0 Å². The third kappa shape index (κ3) is 9.00. The fraction of sp³-hybridized carbons (Fsp3) is 0.450. The smallest absolute Gasteiger partial charge is 0.326 e. The van der Waals surface area contributed by atoms with Crippen molar-refractivity contribution in [3.05, 3.63) is 29.8 Å². The van der Waals surface area contributed by atoms with E-state index in [1.54, 1.807) is 13.8 Å². The van der Waals surface area contributed by atoms with Crippen LogP contribution in [0.25, 0.3) is 0 Å². The summed E-state index contributed by atoms with van der Waals surface area (Å²) in [4.78, 5) is 58.8. The van der Waals surface area contributed by atoms with Crippen molar-refractivity contribution in [3.63, 3.8) is 0 Å². The van der Waals surface area contributed by atoms with Gasteiger partial charge in [-0.2, -0.15) is 0 Å². The number of hydrogen-bond donors (Lipinski definition) is 7. The van der Waals surface area contributed by atoms with Crippen LogP contribution in [0.1, 0.15) is 25.8 Å². The summed E-state index contributed by atoms with van der Waals surface area (Å²) in [5, 5.41) is 34.3. The molecule has 0 aliphatic carbocycles. The summed E-state index contributed by atoms with van der Waals surface area (Å²) >= 11 is 0. The number of nitrogens with two attached hydrogens (primary N) is 1. The lowest BCUT2D eigenvalue weighted by atomic mass is 10.0. The van der Waals surface area contributed by atoms with Gasteiger partial charge in [-0.25, -0.2) is 4.79 Å². The van der Waals surface area contributed by atoms with Gasteiger partial charge in [0, 0.05) is 6.42 Å². The maximum atomic E-state index is 12.6. The molecule has 0 saturated carbocycles. The molecule has 0 radical (unpaired) electrons. The summed E-state index contributed by atoms with van der Waals surface area (Å²) in [6.45, 7) is 2.68. The lowest BCUT2D eigenvalue weighted by molar-refractivity contribution is -0.143. The summed E-state index contributed by atoms with van der Waals surface area (Å²) in [6.07, 6.45) is -0.684. The summed E-state index contributed by atoms with van der Waals surface area (Å²) in [7, 11) is 0. The Morgan fingerprint density at radius 1 is 0.969 bits per heavy atom. The number of benzene rings is 1. The molecule has 1 aromatic carbocycles. The zero-order chi connectivity index (χ0) is 24.4. The van der Waals surface area contributed by atoms with Gasteiger partial charge in [-0.05, 0) is 23.6 Å². The molecule has 176 valence electrons. The van der Waals surface area contributed by atoms with E-state index in [4.69, 9.17) is 15.9 Å². The molecule has 12 nitrogen and oxygen atoms in total. The number of rotatable bonds is 12. The van der Waals surface area contributed by atoms with Gasteiger partial charge in [-0.15, -0.1) is 0 Å². The Morgan fingerprint density at radius 3 is 2.06 bits per heavy atom. The number of carbonyl (C=O) groups is 5. The van der Waals surface area contributed by atoms with Crippen molar-refractivity contribution in [3.8, 4) is 5.75 Å². The van der Waals surface area contributed by atoms with Crippen molar-refractivity contribution >= 4 is 29.7 Å². The first kappa shape index (κ1) is 26.4. The van der Waals surface area contributed by atoms with Crippen molar-refractivity contribution in [2.75, 3.05) is 6.54 Å². The molecule has 0 spiro atoms. The van der Waals surface area contributed by atoms with Crippen LogP contribution in [0.3, 0.4) is 0 Å².